The fourth-order valence-corrected chi connectivity index (χ4v) is 3.83. The van der Waals surface area contributed by atoms with Crippen LogP contribution in [0.3, 0.4) is 0 Å². The number of nitrogens with zero attached hydrogens (tertiary/aromatic N) is 1. The van der Waals surface area contributed by atoms with E-state index >= 15 is 0 Å². The van der Waals surface area contributed by atoms with Gasteiger partial charge >= 0.3 is 6.03 Å². The normalized spacial score (nSPS) is 20.4. The number of carbonyl (C=O) groups is 2. The number of ether oxygens (including phenoxy) is 4. The number of carbonyl (C=O) groups excluding carboxylic acids is 2. The summed E-state index contributed by atoms with van der Waals surface area (Å²) in [4.78, 5) is 26.4. The maximum Gasteiger partial charge on any atom is 0.325 e. The quantitative estimate of drug-likeness (QED) is 0.767. The SMILES string of the molecule is O=C(CCN1CCC(C2OCCO2)CC1)NC(=O)Nc1ccc2c(c1)OCCO2. The summed E-state index contributed by atoms with van der Waals surface area (Å²) >= 11 is 0. The molecule has 4 rings (SSSR count). The summed E-state index contributed by atoms with van der Waals surface area (Å²) in [6.45, 7) is 4.78. The Morgan fingerprint density at radius 1 is 1.00 bits per heavy atom. The molecule has 2 saturated heterocycles. The molecule has 0 spiro atoms. The van der Waals surface area contributed by atoms with Crippen LogP contribution in [0.1, 0.15) is 19.3 Å². The number of likely N-dealkylation sites (tertiary alicyclic amines) is 1. The molecule has 1 aromatic carbocycles. The molecule has 0 aliphatic carbocycles. The maximum atomic E-state index is 12.1. The molecule has 0 radical (unpaired) electrons. The van der Waals surface area contributed by atoms with Crippen molar-refractivity contribution in [2.45, 2.75) is 25.6 Å². The molecule has 0 saturated carbocycles. The Balaban J connectivity index is 1.16. The molecule has 0 atom stereocenters. The fraction of sp³-hybridized carbons (Fsp3) is 0.600. The summed E-state index contributed by atoms with van der Waals surface area (Å²) in [7, 11) is 0. The minimum atomic E-state index is -0.555. The summed E-state index contributed by atoms with van der Waals surface area (Å²) in [6.07, 6.45) is 2.20. The molecule has 0 unspecified atom stereocenters. The van der Waals surface area contributed by atoms with E-state index in [9.17, 15) is 9.59 Å². The van der Waals surface area contributed by atoms with Crippen molar-refractivity contribution in [1.29, 1.82) is 0 Å². The minimum absolute atomic E-state index is 0.0651. The van der Waals surface area contributed by atoms with Gasteiger partial charge in [-0.2, -0.15) is 0 Å². The smallest absolute Gasteiger partial charge is 0.325 e. The van der Waals surface area contributed by atoms with Crippen molar-refractivity contribution in [3.63, 3.8) is 0 Å². The van der Waals surface area contributed by atoms with E-state index in [1.807, 2.05) is 0 Å². The monoisotopic (exact) mass is 405 g/mol. The Morgan fingerprint density at radius 2 is 1.72 bits per heavy atom. The van der Waals surface area contributed by atoms with Crippen LogP contribution in [-0.2, 0) is 14.3 Å². The predicted molar refractivity (Wildman–Crippen MR) is 104 cm³/mol. The molecule has 3 amide bonds. The third-order valence-corrected chi connectivity index (χ3v) is 5.37. The number of piperidine rings is 1. The summed E-state index contributed by atoms with van der Waals surface area (Å²) < 4.78 is 22.1. The van der Waals surface area contributed by atoms with E-state index in [1.54, 1.807) is 18.2 Å². The van der Waals surface area contributed by atoms with Gasteiger partial charge in [-0.15, -0.1) is 0 Å². The maximum absolute atomic E-state index is 12.1. The second kappa shape index (κ2) is 9.43. The summed E-state index contributed by atoms with van der Waals surface area (Å²) in [5, 5.41) is 5.02. The second-order valence-corrected chi connectivity index (χ2v) is 7.40. The van der Waals surface area contributed by atoms with Gasteiger partial charge < -0.3 is 29.2 Å². The molecule has 0 bridgehead atoms. The zero-order chi connectivity index (χ0) is 20.1. The molecule has 9 nitrogen and oxygen atoms in total. The van der Waals surface area contributed by atoms with E-state index in [4.69, 9.17) is 18.9 Å². The molecule has 9 heteroatoms. The number of hydrogen-bond donors (Lipinski definition) is 2. The van der Waals surface area contributed by atoms with E-state index in [1.165, 1.54) is 0 Å². The van der Waals surface area contributed by atoms with Crippen molar-refractivity contribution in [1.82, 2.24) is 10.2 Å². The van der Waals surface area contributed by atoms with Crippen molar-refractivity contribution in [3.05, 3.63) is 18.2 Å². The van der Waals surface area contributed by atoms with Crippen LogP contribution >= 0.6 is 0 Å². The Morgan fingerprint density at radius 3 is 2.48 bits per heavy atom. The Bertz CT molecular complexity index is 729. The zero-order valence-corrected chi connectivity index (χ0v) is 16.4. The molecule has 3 heterocycles. The van der Waals surface area contributed by atoms with Crippen molar-refractivity contribution < 1.29 is 28.5 Å². The van der Waals surface area contributed by atoms with Crippen LogP contribution < -0.4 is 20.1 Å². The van der Waals surface area contributed by atoms with Crippen LogP contribution in [0.2, 0.25) is 0 Å². The highest BCUT2D eigenvalue weighted by Crippen LogP contribution is 2.32. The van der Waals surface area contributed by atoms with Gasteiger partial charge in [0, 0.05) is 30.6 Å². The standard InChI is InChI=1S/C20H27N3O6/c24-18(5-8-23-6-3-14(4-7-23)19-28-11-12-29-19)22-20(25)21-15-1-2-16-17(13-15)27-10-9-26-16/h1-2,13-14,19H,3-12H2,(H2,21,22,24,25). The van der Waals surface area contributed by atoms with E-state index < -0.39 is 6.03 Å². The van der Waals surface area contributed by atoms with Crippen LogP contribution in [0.15, 0.2) is 18.2 Å². The first-order valence-electron chi connectivity index (χ1n) is 10.1. The molecular weight excluding hydrogens is 378 g/mol. The van der Waals surface area contributed by atoms with Crippen LogP contribution in [0.5, 0.6) is 11.5 Å². The van der Waals surface area contributed by atoms with Gasteiger partial charge in [-0.3, -0.25) is 10.1 Å². The average molecular weight is 405 g/mol. The number of nitrogens with one attached hydrogen (secondary N) is 2. The van der Waals surface area contributed by atoms with Gasteiger partial charge in [-0.25, -0.2) is 4.79 Å². The Hall–Kier alpha value is -2.36. The number of hydrogen-bond acceptors (Lipinski definition) is 7. The number of amides is 3. The highest BCUT2D eigenvalue weighted by atomic mass is 16.7. The lowest BCUT2D eigenvalue weighted by atomic mass is 9.96. The lowest BCUT2D eigenvalue weighted by molar-refractivity contribution is -0.120. The van der Waals surface area contributed by atoms with Crippen molar-refractivity contribution in [2.24, 2.45) is 5.92 Å². The minimum Gasteiger partial charge on any atom is -0.486 e. The van der Waals surface area contributed by atoms with Crippen LogP contribution in [-0.4, -0.2) is 69.2 Å². The zero-order valence-electron chi connectivity index (χ0n) is 16.4. The molecule has 29 heavy (non-hydrogen) atoms. The van der Waals surface area contributed by atoms with Gasteiger partial charge in [0.1, 0.15) is 13.2 Å². The molecular formula is C20H27N3O6. The molecule has 2 fully saturated rings. The molecule has 3 aliphatic heterocycles. The lowest BCUT2D eigenvalue weighted by Crippen LogP contribution is -2.41. The second-order valence-electron chi connectivity index (χ2n) is 7.40. The number of rotatable bonds is 5. The molecule has 0 aromatic heterocycles. The lowest BCUT2D eigenvalue weighted by Gasteiger charge is -2.33. The van der Waals surface area contributed by atoms with Crippen molar-refractivity contribution in [3.8, 4) is 11.5 Å². The molecule has 158 valence electrons. The first kappa shape index (κ1) is 19.9. The van der Waals surface area contributed by atoms with Crippen molar-refractivity contribution >= 4 is 17.6 Å². The summed E-state index contributed by atoms with van der Waals surface area (Å²) in [5.41, 5.74) is 0.540. The van der Waals surface area contributed by atoms with Crippen LogP contribution in [0, 0.1) is 5.92 Å². The highest BCUT2D eigenvalue weighted by Gasteiger charge is 2.30. The van der Waals surface area contributed by atoms with Gasteiger partial charge in [0.2, 0.25) is 5.91 Å². The first-order chi connectivity index (χ1) is 14.2. The van der Waals surface area contributed by atoms with Gasteiger partial charge in [0.05, 0.1) is 13.2 Å². The third-order valence-electron chi connectivity index (χ3n) is 5.37. The largest absolute Gasteiger partial charge is 0.486 e. The van der Waals surface area contributed by atoms with Crippen LogP contribution in [0.4, 0.5) is 10.5 Å². The van der Waals surface area contributed by atoms with Crippen molar-refractivity contribution in [2.75, 3.05) is 51.4 Å². The number of fused-ring (bicyclic) bond motifs is 1. The number of anilines is 1. The van der Waals surface area contributed by atoms with Crippen LogP contribution in [0.25, 0.3) is 0 Å². The van der Waals surface area contributed by atoms with Gasteiger partial charge in [0.15, 0.2) is 17.8 Å². The number of imide groups is 1. The van der Waals surface area contributed by atoms with E-state index in [2.05, 4.69) is 15.5 Å². The molecule has 3 aliphatic rings. The molecule has 2 N–H and O–H groups in total. The van der Waals surface area contributed by atoms with Gasteiger partial charge in [0.25, 0.3) is 0 Å². The Labute approximate surface area is 169 Å². The van der Waals surface area contributed by atoms with Gasteiger partial charge in [-0.1, -0.05) is 0 Å². The summed E-state index contributed by atoms with van der Waals surface area (Å²) in [6, 6.07) is 4.57. The first-order valence-corrected chi connectivity index (χ1v) is 10.1. The third kappa shape index (κ3) is 5.37. The van der Waals surface area contributed by atoms with E-state index in [0.717, 1.165) is 25.9 Å². The number of benzene rings is 1. The fourth-order valence-electron chi connectivity index (χ4n) is 3.83. The number of urea groups is 1. The average Bonchev–Trinajstić information content (AvgIpc) is 3.27. The topological polar surface area (TPSA) is 98.4 Å². The van der Waals surface area contributed by atoms with Gasteiger partial charge in [-0.05, 0) is 38.1 Å². The highest BCUT2D eigenvalue weighted by molar-refractivity contribution is 6.01. The van der Waals surface area contributed by atoms with E-state index in [-0.39, 0.29) is 18.6 Å². The molecule has 1 aromatic rings. The Kier molecular flexibility index (Phi) is 6.48. The summed E-state index contributed by atoms with van der Waals surface area (Å²) in [5.74, 6) is 1.36. The predicted octanol–water partition coefficient (Wildman–Crippen LogP) is 1.58. The van der Waals surface area contributed by atoms with E-state index in [0.29, 0.717) is 56.1 Å².